The topological polar surface area (TPSA) is 113 Å². The molecule has 0 spiro atoms. The van der Waals surface area contributed by atoms with Gasteiger partial charge in [0.2, 0.25) is 0 Å². The Bertz CT molecular complexity index is 1420. The lowest BCUT2D eigenvalue weighted by molar-refractivity contribution is -0.144. The summed E-state index contributed by atoms with van der Waals surface area (Å²) in [5, 5.41) is 2.68. The lowest BCUT2D eigenvalue weighted by Crippen LogP contribution is -2.46. The predicted octanol–water partition coefficient (Wildman–Crippen LogP) is 8.00. The van der Waals surface area contributed by atoms with E-state index in [2.05, 4.69) is 5.32 Å². The van der Waals surface area contributed by atoms with Gasteiger partial charge in [-0.15, -0.1) is 0 Å². The number of anilines is 1. The first kappa shape index (κ1) is 39.1. The minimum atomic E-state index is -5.01. The number of carbonyl (C=O) groups is 3. The molecule has 0 aliphatic carbocycles. The molecule has 2 aromatic rings. The van der Waals surface area contributed by atoms with E-state index in [1.807, 2.05) is 0 Å². The monoisotopic (exact) mass is 706 g/mol. The Balaban J connectivity index is 1.75. The number of hydrogen-bond donors (Lipinski definition) is 1. The summed E-state index contributed by atoms with van der Waals surface area (Å²) in [6.07, 6.45) is -9.60. The molecule has 0 radical (unpaired) electrons. The number of alkyl halides is 6. The maximum absolute atomic E-state index is 13.2. The van der Waals surface area contributed by atoms with Crippen LogP contribution in [0.3, 0.4) is 0 Å². The first-order valence-electron chi connectivity index (χ1n) is 15.8. The molecule has 0 aromatic heterocycles. The number of carbonyl (C=O) groups excluding carboxylic acids is 3. The Morgan fingerprint density at radius 2 is 1.49 bits per heavy atom. The molecule has 1 aliphatic rings. The largest absolute Gasteiger partial charge is 0.493 e. The number of halogens is 6. The molecule has 272 valence electrons. The second-order valence-electron chi connectivity index (χ2n) is 11.2. The van der Waals surface area contributed by atoms with E-state index in [9.17, 15) is 40.7 Å². The maximum atomic E-state index is 13.2. The van der Waals surface area contributed by atoms with Crippen LogP contribution in [0.15, 0.2) is 30.3 Å². The molecule has 3 rings (SSSR count). The summed E-state index contributed by atoms with van der Waals surface area (Å²) in [6, 6.07) is 3.13. The third-order valence-electron chi connectivity index (χ3n) is 7.58. The van der Waals surface area contributed by atoms with Crippen LogP contribution in [0.1, 0.15) is 81.2 Å². The minimum Gasteiger partial charge on any atom is -0.493 e. The van der Waals surface area contributed by atoms with E-state index in [0.29, 0.717) is 67.2 Å². The highest BCUT2D eigenvalue weighted by Gasteiger charge is 2.38. The number of hydrogen-bond acceptors (Lipinski definition) is 8. The molecule has 0 unspecified atom stereocenters. The van der Waals surface area contributed by atoms with Crippen LogP contribution in [0.25, 0.3) is 0 Å². The molecule has 0 fully saturated rings. The fourth-order valence-electron chi connectivity index (χ4n) is 5.32. The van der Waals surface area contributed by atoms with Crippen LogP contribution in [0, 0.1) is 0 Å². The highest BCUT2D eigenvalue weighted by Crippen LogP contribution is 2.44. The number of nitrogens with one attached hydrogen (secondary N) is 1. The number of methoxy groups -OCH3 is 1. The summed E-state index contributed by atoms with van der Waals surface area (Å²) in [7, 11) is 1.41. The van der Waals surface area contributed by atoms with Gasteiger partial charge < -0.3 is 29.0 Å². The fraction of sp³-hybridized carbons (Fsp3) is 0.545. The van der Waals surface area contributed by atoms with Crippen LogP contribution in [0.5, 0.6) is 11.5 Å². The van der Waals surface area contributed by atoms with Crippen molar-refractivity contribution in [3.8, 4) is 11.5 Å². The van der Waals surface area contributed by atoms with Crippen molar-refractivity contribution in [3.63, 3.8) is 0 Å². The lowest BCUT2D eigenvalue weighted by atomic mass is 9.91. The van der Waals surface area contributed by atoms with Crippen molar-refractivity contribution in [2.75, 3.05) is 38.4 Å². The molecule has 1 N–H and O–H groups in total. The van der Waals surface area contributed by atoms with Gasteiger partial charge in [-0.05, 0) is 76.3 Å². The second-order valence-corrected chi connectivity index (χ2v) is 11.2. The van der Waals surface area contributed by atoms with Crippen LogP contribution >= 0.6 is 0 Å². The van der Waals surface area contributed by atoms with E-state index >= 15 is 0 Å². The van der Waals surface area contributed by atoms with Crippen molar-refractivity contribution in [3.05, 3.63) is 52.6 Å². The molecule has 0 bridgehead atoms. The van der Waals surface area contributed by atoms with Gasteiger partial charge in [0.1, 0.15) is 0 Å². The molecule has 2 atom stereocenters. The molecule has 0 saturated carbocycles. The van der Waals surface area contributed by atoms with E-state index in [1.54, 1.807) is 32.9 Å². The van der Waals surface area contributed by atoms with Crippen LogP contribution in [-0.4, -0.2) is 57.7 Å². The molecular weight excluding hydrogens is 666 g/mol. The summed E-state index contributed by atoms with van der Waals surface area (Å²) in [5.41, 5.74) is -2.43. The third-order valence-corrected chi connectivity index (χ3v) is 7.58. The van der Waals surface area contributed by atoms with E-state index < -0.39 is 60.8 Å². The number of alkyl carbamates (subject to hydrolysis) is 1. The van der Waals surface area contributed by atoms with Crippen LogP contribution < -0.4 is 19.7 Å². The maximum Gasteiger partial charge on any atom is 0.416 e. The number of rotatable bonds is 14. The normalized spacial score (nSPS) is 16.0. The highest BCUT2D eigenvalue weighted by atomic mass is 19.4. The number of esters is 1. The number of benzene rings is 2. The van der Waals surface area contributed by atoms with E-state index in [0.717, 1.165) is 0 Å². The van der Waals surface area contributed by atoms with E-state index in [4.69, 9.17) is 23.7 Å². The van der Waals surface area contributed by atoms with Gasteiger partial charge in [0.25, 0.3) is 0 Å². The number of amides is 2. The lowest BCUT2D eigenvalue weighted by Gasteiger charge is -2.39. The zero-order valence-electron chi connectivity index (χ0n) is 27.6. The van der Waals surface area contributed by atoms with Crippen LogP contribution in [-0.2, 0) is 37.8 Å². The second kappa shape index (κ2) is 17.3. The molecule has 1 aliphatic heterocycles. The predicted molar refractivity (Wildman–Crippen MR) is 165 cm³/mol. The van der Waals surface area contributed by atoms with Gasteiger partial charge >= 0.3 is 30.5 Å². The number of ether oxygens (including phenoxy) is 5. The molecule has 2 aromatic carbocycles. The Kier molecular flexibility index (Phi) is 13.8. The molecule has 16 heteroatoms. The fourth-order valence-corrected chi connectivity index (χ4v) is 5.32. The van der Waals surface area contributed by atoms with Gasteiger partial charge in [0.15, 0.2) is 11.5 Å². The molecule has 2 amide bonds. The van der Waals surface area contributed by atoms with E-state index in [1.165, 1.54) is 12.0 Å². The zero-order valence-corrected chi connectivity index (χ0v) is 27.6. The van der Waals surface area contributed by atoms with Gasteiger partial charge in [-0.3, -0.25) is 9.69 Å². The minimum absolute atomic E-state index is 0.0255. The Morgan fingerprint density at radius 1 is 0.837 bits per heavy atom. The molecule has 1 heterocycles. The SMILES string of the molecule is CCOC(=O)CCCCCOc1cc2c(cc1OC)[C@H](NC(=O)OCCc1cc(C(F)(F)F)cc(C(F)(F)F)c1)C[C@H](C)N2C(=O)OCC. The molecular formula is C33H40F6N2O8. The van der Waals surface area contributed by atoms with Gasteiger partial charge in [-0.25, -0.2) is 9.59 Å². The summed E-state index contributed by atoms with van der Waals surface area (Å²) < 4.78 is 106. The summed E-state index contributed by atoms with van der Waals surface area (Å²) >= 11 is 0. The Morgan fingerprint density at radius 3 is 2.08 bits per heavy atom. The summed E-state index contributed by atoms with van der Waals surface area (Å²) in [5.74, 6) is 0.347. The Hall–Kier alpha value is -4.37. The number of nitrogens with zero attached hydrogens (tertiary/aromatic N) is 1. The molecule has 49 heavy (non-hydrogen) atoms. The number of fused-ring (bicyclic) bond motifs is 1. The molecule has 0 saturated heterocycles. The van der Waals surface area contributed by atoms with E-state index in [-0.39, 0.29) is 37.2 Å². The van der Waals surface area contributed by atoms with Gasteiger partial charge in [-0.1, -0.05) is 0 Å². The van der Waals surface area contributed by atoms with Gasteiger partial charge in [-0.2, -0.15) is 26.3 Å². The van der Waals surface area contributed by atoms with Crippen molar-refractivity contribution >= 4 is 23.8 Å². The average Bonchev–Trinajstić information content (AvgIpc) is 3.01. The van der Waals surface area contributed by atoms with Crippen molar-refractivity contribution in [1.82, 2.24) is 5.32 Å². The first-order valence-corrected chi connectivity index (χ1v) is 15.8. The average molecular weight is 707 g/mol. The summed E-state index contributed by atoms with van der Waals surface area (Å²) in [4.78, 5) is 38.8. The van der Waals surface area contributed by atoms with Crippen molar-refractivity contribution in [2.45, 2.75) is 83.7 Å². The Labute approximate surface area is 280 Å². The number of unbranched alkanes of at least 4 members (excludes halogenated alkanes) is 2. The van der Waals surface area contributed by atoms with Gasteiger partial charge in [0.05, 0.1) is 56.4 Å². The standard InChI is InChI=1S/C33H40F6N2O8/c1-5-46-29(42)10-8-7-9-12-48-28-19-26-24(18-27(28)45-4)25(14-20(3)41(26)31(44)47-6-2)40-30(43)49-13-11-21-15-22(32(34,35)36)17-23(16-21)33(37,38)39/h15-20,25H,5-14H2,1-4H3,(H,40,43)/t20-,25+/m0/s1. The molecule has 10 nitrogen and oxygen atoms in total. The van der Waals surface area contributed by atoms with Crippen molar-refractivity contribution in [2.24, 2.45) is 0 Å². The van der Waals surface area contributed by atoms with Crippen LogP contribution in [0.4, 0.5) is 41.6 Å². The highest BCUT2D eigenvalue weighted by molar-refractivity contribution is 5.91. The third kappa shape index (κ3) is 11.1. The van der Waals surface area contributed by atoms with Gasteiger partial charge in [0, 0.05) is 30.5 Å². The van der Waals surface area contributed by atoms with Crippen molar-refractivity contribution in [1.29, 1.82) is 0 Å². The zero-order chi connectivity index (χ0) is 36.4. The smallest absolute Gasteiger partial charge is 0.416 e. The summed E-state index contributed by atoms with van der Waals surface area (Å²) in [6.45, 7) is 5.31. The first-order chi connectivity index (χ1) is 23.1. The van der Waals surface area contributed by atoms with Crippen molar-refractivity contribution < 1.29 is 64.4 Å². The van der Waals surface area contributed by atoms with Crippen LogP contribution in [0.2, 0.25) is 0 Å². The quantitative estimate of drug-likeness (QED) is 0.0911.